The lowest BCUT2D eigenvalue weighted by Gasteiger charge is -2.17. The summed E-state index contributed by atoms with van der Waals surface area (Å²) in [5, 5.41) is 0. The number of benzene rings is 1. The van der Waals surface area contributed by atoms with Gasteiger partial charge in [-0.25, -0.2) is 13.1 Å². The van der Waals surface area contributed by atoms with E-state index in [2.05, 4.69) is 9.62 Å². The van der Waals surface area contributed by atoms with Crippen molar-refractivity contribution in [1.29, 1.82) is 0 Å². The Hall–Kier alpha value is -1.48. The molecule has 2 aliphatic heterocycles. The third kappa shape index (κ3) is 4.62. The molecule has 1 unspecified atom stereocenters. The standard InChI is InChI=1S/C18H27N3O4S/c1-25-16-7-11-21(14-16)18(22)15-5-4-6-17(13-15)26(23,24)19-8-12-20-9-2-3-10-20/h4-6,13,16,19H,2-3,7-12,14H2,1H3. The number of nitrogens with zero attached hydrogens (tertiary/aromatic N) is 2. The zero-order valence-corrected chi connectivity index (χ0v) is 16.0. The Balaban J connectivity index is 1.62. The number of methoxy groups -OCH3 is 1. The van der Waals surface area contributed by atoms with Crippen LogP contribution >= 0.6 is 0 Å². The van der Waals surface area contributed by atoms with E-state index in [9.17, 15) is 13.2 Å². The van der Waals surface area contributed by atoms with Crippen molar-refractivity contribution in [1.82, 2.24) is 14.5 Å². The third-order valence-corrected chi connectivity index (χ3v) is 6.53. The van der Waals surface area contributed by atoms with E-state index in [4.69, 9.17) is 4.74 Å². The number of sulfonamides is 1. The normalized spacial score (nSPS) is 21.4. The van der Waals surface area contributed by atoms with Crippen LogP contribution in [0.4, 0.5) is 0 Å². The lowest BCUT2D eigenvalue weighted by atomic mass is 10.2. The van der Waals surface area contributed by atoms with Crippen LogP contribution < -0.4 is 4.72 Å². The van der Waals surface area contributed by atoms with E-state index in [0.29, 0.717) is 31.7 Å². The van der Waals surface area contributed by atoms with E-state index in [1.807, 2.05) is 0 Å². The Morgan fingerprint density at radius 3 is 2.73 bits per heavy atom. The number of carbonyl (C=O) groups is 1. The minimum Gasteiger partial charge on any atom is -0.380 e. The molecule has 2 saturated heterocycles. The number of likely N-dealkylation sites (tertiary alicyclic amines) is 2. The highest BCUT2D eigenvalue weighted by atomic mass is 32.2. The maximum absolute atomic E-state index is 12.6. The summed E-state index contributed by atoms with van der Waals surface area (Å²) < 4.78 is 33.0. The van der Waals surface area contributed by atoms with Crippen LogP contribution in [0.5, 0.6) is 0 Å². The molecular formula is C18H27N3O4S. The second-order valence-corrected chi connectivity index (χ2v) is 8.64. The van der Waals surface area contributed by atoms with Crippen molar-refractivity contribution in [2.45, 2.75) is 30.3 Å². The number of nitrogens with one attached hydrogen (secondary N) is 1. The zero-order valence-electron chi connectivity index (χ0n) is 15.2. The van der Waals surface area contributed by atoms with Crippen LogP contribution in [0.3, 0.4) is 0 Å². The third-order valence-electron chi connectivity index (χ3n) is 5.08. The monoisotopic (exact) mass is 381 g/mol. The van der Waals surface area contributed by atoms with Crippen molar-refractivity contribution in [2.75, 3.05) is 46.4 Å². The summed E-state index contributed by atoms with van der Waals surface area (Å²) in [4.78, 5) is 16.7. The average molecular weight is 381 g/mol. The molecule has 1 amide bonds. The van der Waals surface area contributed by atoms with E-state index in [1.165, 1.54) is 25.0 Å². The minimum absolute atomic E-state index is 0.0538. The van der Waals surface area contributed by atoms with Gasteiger partial charge >= 0.3 is 0 Å². The Morgan fingerprint density at radius 2 is 2.04 bits per heavy atom. The van der Waals surface area contributed by atoms with Crippen LogP contribution in [0.2, 0.25) is 0 Å². The SMILES string of the molecule is COC1CCN(C(=O)c2cccc(S(=O)(=O)NCCN3CCCC3)c2)C1. The predicted molar refractivity (Wildman–Crippen MR) is 98.6 cm³/mol. The maximum Gasteiger partial charge on any atom is 0.253 e. The van der Waals surface area contributed by atoms with Crippen LogP contribution in [-0.4, -0.2) is 76.6 Å². The lowest BCUT2D eigenvalue weighted by molar-refractivity contribution is 0.0724. The molecule has 144 valence electrons. The second kappa shape index (κ2) is 8.47. The molecule has 0 spiro atoms. The molecule has 0 bridgehead atoms. The quantitative estimate of drug-likeness (QED) is 0.760. The lowest BCUT2D eigenvalue weighted by Crippen LogP contribution is -2.34. The Morgan fingerprint density at radius 1 is 1.27 bits per heavy atom. The number of hydrogen-bond acceptors (Lipinski definition) is 5. The fraction of sp³-hybridized carbons (Fsp3) is 0.611. The fourth-order valence-corrected chi connectivity index (χ4v) is 4.58. The first-order chi connectivity index (χ1) is 12.5. The number of amides is 1. The van der Waals surface area contributed by atoms with Crippen LogP contribution in [0.25, 0.3) is 0 Å². The van der Waals surface area contributed by atoms with Crippen LogP contribution in [-0.2, 0) is 14.8 Å². The van der Waals surface area contributed by atoms with Crippen LogP contribution in [0.15, 0.2) is 29.2 Å². The van der Waals surface area contributed by atoms with Crippen molar-refractivity contribution in [3.05, 3.63) is 29.8 Å². The van der Waals surface area contributed by atoms with Gasteiger partial charge in [-0.2, -0.15) is 0 Å². The van der Waals surface area contributed by atoms with Crippen molar-refractivity contribution in [3.8, 4) is 0 Å². The van der Waals surface area contributed by atoms with Gasteiger partial charge < -0.3 is 14.5 Å². The van der Waals surface area contributed by atoms with Gasteiger partial charge in [-0.3, -0.25) is 4.79 Å². The average Bonchev–Trinajstić information content (AvgIpc) is 3.33. The van der Waals surface area contributed by atoms with Gasteiger partial charge in [-0.05, 0) is 50.6 Å². The maximum atomic E-state index is 12.6. The van der Waals surface area contributed by atoms with Gasteiger partial charge in [0.1, 0.15) is 0 Å². The summed E-state index contributed by atoms with van der Waals surface area (Å²) in [7, 11) is -1.98. The zero-order chi connectivity index (χ0) is 18.6. The van der Waals surface area contributed by atoms with Gasteiger partial charge in [0, 0.05) is 38.9 Å². The predicted octanol–water partition coefficient (Wildman–Crippen LogP) is 0.922. The van der Waals surface area contributed by atoms with Crippen molar-refractivity contribution >= 4 is 15.9 Å². The summed E-state index contributed by atoms with van der Waals surface area (Å²) in [5.41, 5.74) is 0.393. The van der Waals surface area contributed by atoms with Crippen molar-refractivity contribution in [2.24, 2.45) is 0 Å². The molecule has 0 aliphatic carbocycles. The number of ether oxygens (including phenoxy) is 1. The first-order valence-corrected chi connectivity index (χ1v) is 10.6. The van der Waals surface area contributed by atoms with Gasteiger partial charge in [0.15, 0.2) is 0 Å². The fourth-order valence-electron chi connectivity index (χ4n) is 3.51. The van der Waals surface area contributed by atoms with Gasteiger partial charge in [-0.1, -0.05) is 6.07 Å². The molecule has 26 heavy (non-hydrogen) atoms. The first-order valence-electron chi connectivity index (χ1n) is 9.14. The molecule has 3 rings (SSSR count). The highest BCUT2D eigenvalue weighted by molar-refractivity contribution is 7.89. The van der Waals surface area contributed by atoms with Crippen molar-refractivity contribution in [3.63, 3.8) is 0 Å². The van der Waals surface area contributed by atoms with Gasteiger partial charge in [-0.15, -0.1) is 0 Å². The Kier molecular flexibility index (Phi) is 6.29. The molecule has 1 N–H and O–H groups in total. The van der Waals surface area contributed by atoms with Crippen molar-refractivity contribution < 1.29 is 17.9 Å². The number of carbonyl (C=O) groups excluding carboxylic acids is 1. The summed E-state index contributed by atoms with van der Waals surface area (Å²) in [5.74, 6) is -0.154. The van der Waals surface area contributed by atoms with E-state index in [1.54, 1.807) is 24.1 Å². The molecule has 1 atom stereocenters. The molecule has 0 radical (unpaired) electrons. The molecule has 7 nitrogen and oxygen atoms in total. The molecule has 0 aromatic heterocycles. The topological polar surface area (TPSA) is 78.9 Å². The first kappa shape index (κ1) is 19.3. The highest BCUT2D eigenvalue weighted by Crippen LogP contribution is 2.18. The van der Waals surface area contributed by atoms with E-state index in [0.717, 1.165) is 19.5 Å². The smallest absolute Gasteiger partial charge is 0.253 e. The molecule has 1 aromatic rings. The minimum atomic E-state index is -3.62. The number of rotatable bonds is 7. The van der Waals surface area contributed by atoms with E-state index >= 15 is 0 Å². The van der Waals surface area contributed by atoms with Crippen LogP contribution in [0.1, 0.15) is 29.6 Å². The largest absolute Gasteiger partial charge is 0.380 e. The summed E-state index contributed by atoms with van der Waals surface area (Å²) in [6.45, 7) is 4.32. The summed E-state index contributed by atoms with van der Waals surface area (Å²) in [6.07, 6.45) is 3.21. The molecule has 8 heteroatoms. The van der Waals surface area contributed by atoms with E-state index < -0.39 is 10.0 Å². The molecule has 2 fully saturated rings. The molecule has 2 aliphatic rings. The Labute approximate surface area is 155 Å². The molecule has 0 saturated carbocycles. The van der Waals surface area contributed by atoms with Gasteiger partial charge in [0.05, 0.1) is 11.0 Å². The highest BCUT2D eigenvalue weighted by Gasteiger charge is 2.27. The van der Waals surface area contributed by atoms with Crippen LogP contribution in [0, 0.1) is 0 Å². The molecule has 2 heterocycles. The summed E-state index contributed by atoms with van der Waals surface area (Å²) >= 11 is 0. The van der Waals surface area contributed by atoms with Gasteiger partial charge in [0.2, 0.25) is 10.0 Å². The summed E-state index contributed by atoms with van der Waals surface area (Å²) in [6, 6.07) is 6.26. The Bertz CT molecular complexity index is 732. The van der Waals surface area contributed by atoms with Gasteiger partial charge in [0.25, 0.3) is 5.91 Å². The number of hydrogen-bond donors (Lipinski definition) is 1. The molecule has 1 aromatic carbocycles. The molecular weight excluding hydrogens is 354 g/mol. The second-order valence-electron chi connectivity index (χ2n) is 6.87. The van der Waals surface area contributed by atoms with E-state index in [-0.39, 0.29) is 16.9 Å².